The Morgan fingerprint density at radius 3 is 2.75 bits per heavy atom. The Balaban J connectivity index is 2.31. The molecule has 1 aromatic heterocycles. The molecule has 0 amide bonds. The summed E-state index contributed by atoms with van der Waals surface area (Å²) >= 11 is 1.78. The number of hydrogen-bond acceptors (Lipinski definition) is 4. The lowest BCUT2D eigenvalue weighted by atomic mass is 10.1. The van der Waals surface area contributed by atoms with Gasteiger partial charge in [-0.05, 0) is 20.3 Å². The second-order valence-corrected chi connectivity index (χ2v) is 6.34. The van der Waals surface area contributed by atoms with E-state index in [1.165, 1.54) is 9.88 Å². The molecule has 0 radical (unpaired) electrons. The molecule has 20 heavy (non-hydrogen) atoms. The van der Waals surface area contributed by atoms with Crippen LogP contribution in [-0.2, 0) is 17.6 Å². The van der Waals surface area contributed by atoms with Crippen LogP contribution in [0.2, 0.25) is 0 Å². The van der Waals surface area contributed by atoms with Crippen molar-refractivity contribution in [2.75, 3.05) is 27.2 Å². The van der Waals surface area contributed by atoms with Gasteiger partial charge >= 0.3 is 0 Å². The van der Waals surface area contributed by atoms with Crippen LogP contribution < -0.4 is 10.6 Å². The number of nitrogens with zero attached hydrogens (tertiary/aromatic N) is 2. The van der Waals surface area contributed by atoms with Gasteiger partial charge in [-0.15, -0.1) is 11.3 Å². The number of thiazole rings is 1. The first-order valence-corrected chi connectivity index (χ1v) is 7.75. The van der Waals surface area contributed by atoms with Gasteiger partial charge in [-0.2, -0.15) is 0 Å². The molecule has 2 N–H and O–H groups in total. The molecule has 0 spiro atoms. The van der Waals surface area contributed by atoms with Crippen LogP contribution in [-0.4, -0.2) is 43.8 Å². The largest absolute Gasteiger partial charge is 0.377 e. The Morgan fingerprint density at radius 2 is 2.20 bits per heavy atom. The van der Waals surface area contributed by atoms with E-state index in [0.29, 0.717) is 6.54 Å². The average molecular weight is 298 g/mol. The standard InChI is InChI=1S/C14H26N4OS/c1-6-11-9-17-12(20-11)7-8-16-13(15-4)18-10-14(2,3)19-5/h9H,6-8,10H2,1-5H3,(H2,15,16,18). The number of aromatic nitrogens is 1. The van der Waals surface area contributed by atoms with Crippen LogP contribution in [0.25, 0.3) is 0 Å². The summed E-state index contributed by atoms with van der Waals surface area (Å²) in [7, 11) is 3.49. The fourth-order valence-electron chi connectivity index (χ4n) is 1.50. The van der Waals surface area contributed by atoms with E-state index in [2.05, 4.69) is 27.5 Å². The minimum Gasteiger partial charge on any atom is -0.377 e. The molecule has 114 valence electrons. The fourth-order valence-corrected chi connectivity index (χ4v) is 2.37. The Morgan fingerprint density at radius 1 is 1.45 bits per heavy atom. The van der Waals surface area contributed by atoms with E-state index in [9.17, 15) is 0 Å². The molecule has 6 heteroatoms. The molecule has 0 bridgehead atoms. The van der Waals surface area contributed by atoms with Crippen molar-refractivity contribution in [3.63, 3.8) is 0 Å². The lowest BCUT2D eigenvalue weighted by Gasteiger charge is -2.24. The van der Waals surface area contributed by atoms with Crippen molar-refractivity contribution in [1.29, 1.82) is 0 Å². The molecular formula is C14H26N4OS. The van der Waals surface area contributed by atoms with Gasteiger partial charge in [0.1, 0.15) is 0 Å². The minimum absolute atomic E-state index is 0.205. The second-order valence-electron chi connectivity index (χ2n) is 5.14. The maximum atomic E-state index is 5.37. The second kappa shape index (κ2) is 8.21. The monoisotopic (exact) mass is 298 g/mol. The van der Waals surface area contributed by atoms with Crippen molar-refractivity contribution in [1.82, 2.24) is 15.6 Å². The van der Waals surface area contributed by atoms with Crippen molar-refractivity contribution < 1.29 is 4.74 Å². The number of aryl methyl sites for hydroxylation is 1. The molecule has 1 rings (SSSR count). The summed E-state index contributed by atoms with van der Waals surface area (Å²) in [4.78, 5) is 9.94. The lowest BCUT2D eigenvalue weighted by molar-refractivity contribution is 0.0268. The molecule has 1 aromatic rings. The van der Waals surface area contributed by atoms with Gasteiger partial charge in [0.15, 0.2) is 5.96 Å². The van der Waals surface area contributed by atoms with Crippen molar-refractivity contribution >= 4 is 17.3 Å². The molecule has 0 saturated heterocycles. The highest BCUT2D eigenvalue weighted by molar-refractivity contribution is 7.11. The molecule has 0 aliphatic heterocycles. The summed E-state index contributed by atoms with van der Waals surface area (Å²) in [5.41, 5.74) is -0.205. The Kier molecular flexibility index (Phi) is 6.95. The number of nitrogens with one attached hydrogen (secondary N) is 2. The number of ether oxygens (including phenoxy) is 1. The number of guanidine groups is 1. The third-order valence-corrected chi connectivity index (χ3v) is 4.24. The first kappa shape index (κ1) is 16.9. The van der Waals surface area contributed by atoms with Gasteiger partial charge in [0.25, 0.3) is 0 Å². The third-order valence-electron chi connectivity index (χ3n) is 3.04. The van der Waals surface area contributed by atoms with Crippen LogP contribution in [0.4, 0.5) is 0 Å². The van der Waals surface area contributed by atoms with Crippen LogP contribution >= 0.6 is 11.3 Å². The number of hydrogen-bond donors (Lipinski definition) is 2. The Bertz CT molecular complexity index is 429. The fraction of sp³-hybridized carbons (Fsp3) is 0.714. The minimum atomic E-state index is -0.205. The van der Waals surface area contributed by atoms with Crippen LogP contribution in [0.1, 0.15) is 30.7 Å². The van der Waals surface area contributed by atoms with Gasteiger partial charge in [-0.1, -0.05) is 6.92 Å². The van der Waals surface area contributed by atoms with Gasteiger partial charge in [-0.25, -0.2) is 4.98 Å². The SMILES string of the molecule is CCc1cnc(CCNC(=NC)NCC(C)(C)OC)s1. The molecule has 0 aromatic carbocycles. The zero-order valence-corrected chi connectivity index (χ0v) is 13.9. The highest BCUT2D eigenvalue weighted by atomic mass is 32.1. The smallest absolute Gasteiger partial charge is 0.191 e. The normalized spacial score (nSPS) is 12.6. The lowest BCUT2D eigenvalue weighted by Crippen LogP contribution is -2.45. The highest BCUT2D eigenvalue weighted by Gasteiger charge is 2.16. The number of aliphatic imine (C=N–C) groups is 1. The van der Waals surface area contributed by atoms with E-state index in [0.717, 1.165) is 25.3 Å². The maximum absolute atomic E-state index is 5.37. The van der Waals surface area contributed by atoms with Crippen LogP contribution in [0, 0.1) is 0 Å². The zero-order valence-electron chi connectivity index (χ0n) is 13.1. The summed E-state index contributed by atoms with van der Waals surface area (Å²) in [6, 6.07) is 0. The Hall–Kier alpha value is -1.14. The zero-order chi connectivity index (χ0) is 15.0. The van der Waals surface area contributed by atoms with Crippen LogP contribution in [0.15, 0.2) is 11.2 Å². The first-order valence-electron chi connectivity index (χ1n) is 6.94. The molecule has 1 heterocycles. The van der Waals surface area contributed by atoms with E-state index in [1.54, 1.807) is 25.5 Å². The van der Waals surface area contributed by atoms with Crippen LogP contribution in [0.5, 0.6) is 0 Å². The molecule has 0 saturated carbocycles. The highest BCUT2D eigenvalue weighted by Crippen LogP contribution is 2.13. The van der Waals surface area contributed by atoms with Crippen molar-refractivity contribution in [3.05, 3.63) is 16.1 Å². The van der Waals surface area contributed by atoms with E-state index in [4.69, 9.17) is 4.74 Å². The summed E-state index contributed by atoms with van der Waals surface area (Å²) in [6.07, 6.45) is 3.94. The summed E-state index contributed by atoms with van der Waals surface area (Å²) in [5.74, 6) is 0.794. The molecule has 5 nitrogen and oxygen atoms in total. The topological polar surface area (TPSA) is 58.5 Å². The summed E-state index contributed by atoms with van der Waals surface area (Å²) < 4.78 is 5.37. The van der Waals surface area contributed by atoms with Gasteiger partial charge in [-0.3, -0.25) is 4.99 Å². The summed E-state index contributed by atoms with van der Waals surface area (Å²) in [5, 5.41) is 7.72. The van der Waals surface area contributed by atoms with E-state index < -0.39 is 0 Å². The van der Waals surface area contributed by atoms with Crippen molar-refractivity contribution in [2.24, 2.45) is 4.99 Å². The van der Waals surface area contributed by atoms with E-state index >= 15 is 0 Å². The molecule has 0 aliphatic carbocycles. The van der Waals surface area contributed by atoms with Gasteiger partial charge in [0.2, 0.25) is 0 Å². The molecule has 0 aliphatic rings. The van der Waals surface area contributed by atoms with Crippen molar-refractivity contribution in [2.45, 2.75) is 39.2 Å². The Labute approximate surface area is 125 Å². The quantitative estimate of drug-likeness (QED) is 0.596. The molecule has 0 fully saturated rings. The number of methoxy groups -OCH3 is 1. The average Bonchev–Trinajstić information content (AvgIpc) is 2.90. The van der Waals surface area contributed by atoms with Gasteiger partial charge in [0.05, 0.1) is 10.6 Å². The predicted molar refractivity (Wildman–Crippen MR) is 85.6 cm³/mol. The summed E-state index contributed by atoms with van der Waals surface area (Å²) in [6.45, 7) is 7.76. The predicted octanol–water partition coefficient (Wildman–Crippen LogP) is 1.84. The third kappa shape index (κ3) is 5.88. The molecule has 0 atom stereocenters. The van der Waals surface area contributed by atoms with E-state index in [-0.39, 0.29) is 5.60 Å². The van der Waals surface area contributed by atoms with Crippen molar-refractivity contribution in [3.8, 4) is 0 Å². The number of rotatable bonds is 7. The van der Waals surface area contributed by atoms with Gasteiger partial charge in [0, 0.05) is 44.7 Å². The maximum Gasteiger partial charge on any atom is 0.191 e. The van der Waals surface area contributed by atoms with Crippen LogP contribution in [0.3, 0.4) is 0 Å². The van der Waals surface area contributed by atoms with E-state index in [1.807, 2.05) is 20.0 Å². The first-order chi connectivity index (χ1) is 9.50. The molecule has 0 unspecified atom stereocenters. The molecular weight excluding hydrogens is 272 g/mol. The van der Waals surface area contributed by atoms with Gasteiger partial charge < -0.3 is 15.4 Å².